The topological polar surface area (TPSA) is 79.2 Å². The second-order valence-corrected chi connectivity index (χ2v) is 5.95. The number of nitrogens with one attached hydrogen (secondary N) is 1. The van der Waals surface area contributed by atoms with Crippen LogP contribution in [0.5, 0.6) is 0 Å². The van der Waals surface area contributed by atoms with Crippen LogP contribution in [0.2, 0.25) is 0 Å². The average molecular weight is 351 g/mol. The Bertz CT molecular complexity index is 589. The molecule has 21 heavy (non-hydrogen) atoms. The molecular weight excluding hydrogens is 336 g/mol. The summed E-state index contributed by atoms with van der Waals surface area (Å²) < 4.78 is 5.72. The molecule has 0 saturated heterocycles. The first-order valence-corrected chi connectivity index (χ1v) is 7.49. The molecule has 0 aromatic heterocycles. The van der Waals surface area contributed by atoms with Gasteiger partial charge in [-0.2, -0.15) is 5.26 Å². The lowest BCUT2D eigenvalue weighted by atomic mass is 10.00. The van der Waals surface area contributed by atoms with Crippen LogP contribution in [-0.2, 0) is 9.53 Å². The third-order valence-corrected chi connectivity index (χ3v) is 3.94. The fourth-order valence-corrected chi connectivity index (χ4v) is 2.78. The van der Waals surface area contributed by atoms with E-state index < -0.39 is 17.4 Å². The number of esters is 1. The summed E-state index contributed by atoms with van der Waals surface area (Å²) in [6.45, 7) is -0.380. The largest absolute Gasteiger partial charge is 0.452 e. The number of nitriles is 1. The van der Waals surface area contributed by atoms with Gasteiger partial charge in [-0.3, -0.25) is 4.79 Å². The number of halogens is 1. The van der Waals surface area contributed by atoms with Crippen molar-refractivity contribution in [1.29, 1.82) is 5.26 Å². The molecule has 1 amide bonds. The molecule has 1 aliphatic carbocycles. The van der Waals surface area contributed by atoms with Crippen LogP contribution in [0.4, 0.5) is 0 Å². The summed E-state index contributed by atoms with van der Waals surface area (Å²) in [6.07, 6.45) is 3.14. The molecule has 1 aromatic carbocycles. The van der Waals surface area contributed by atoms with Gasteiger partial charge in [0, 0.05) is 4.47 Å². The first-order chi connectivity index (χ1) is 10.0. The Morgan fingerprint density at radius 2 is 2.10 bits per heavy atom. The number of hydrogen-bond acceptors (Lipinski definition) is 4. The zero-order valence-electron chi connectivity index (χ0n) is 11.4. The maximum Gasteiger partial charge on any atom is 0.338 e. The van der Waals surface area contributed by atoms with Gasteiger partial charge in [0.2, 0.25) is 0 Å². The lowest BCUT2D eigenvalue weighted by Crippen LogP contribution is -2.46. The molecule has 0 bridgehead atoms. The number of amides is 1. The van der Waals surface area contributed by atoms with E-state index in [9.17, 15) is 14.9 Å². The number of carbonyl (C=O) groups excluding carboxylic acids is 2. The van der Waals surface area contributed by atoms with Crippen LogP contribution in [0, 0.1) is 11.3 Å². The molecule has 6 heteroatoms. The van der Waals surface area contributed by atoms with Gasteiger partial charge in [-0.05, 0) is 43.9 Å². The average Bonchev–Trinajstić information content (AvgIpc) is 2.94. The number of benzene rings is 1. The van der Waals surface area contributed by atoms with E-state index in [2.05, 4.69) is 27.3 Å². The van der Waals surface area contributed by atoms with Crippen molar-refractivity contribution >= 4 is 27.8 Å². The summed E-state index contributed by atoms with van der Waals surface area (Å²) in [5.41, 5.74) is -0.424. The Labute approximate surface area is 131 Å². The van der Waals surface area contributed by atoms with E-state index in [1.807, 2.05) is 0 Å². The molecule has 2 rings (SSSR count). The molecule has 0 atom stereocenters. The first kappa shape index (κ1) is 15.5. The minimum absolute atomic E-state index is 0.369. The van der Waals surface area contributed by atoms with Crippen molar-refractivity contribution in [2.45, 2.75) is 31.2 Å². The van der Waals surface area contributed by atoms with Gasteiger partial charge in [0.15, 0.2) is 6.61 Å². The second kappa shape index (κ2) is 6.72. The minimum Gasteiger partial charge on any atom is -0.452 e. The highest BCUT2D eigenvalue weighted by Crippen LogP contribution is 2.28. The van der Waals surface area contributed by atoms with E-state index in [1.54, 1.807) is 24.3 Å². The molecule has 0 radical (unpaired) electrons. The summed E-state index contributed by atoms with van der Waals surface area (Å²) in [4.78, 5) is 23.6. The molecule has 0 spiro atoms. The molecule has 1 aromatic rings. The van der Waals surface area contributed by atoms with Crippen LogP contribution in [0.3, 0.4) is 0 Å². The van der Waals surface area contributed by atoms with Crippen molar-refractivity contribution in [3.8, 4) is 6.07 Å². The highest BCUT2D eigenvalue weighted by Gasteiger charge is 2.35. The van der Waals surface area contributed by atoms with E-state index in [0.717, 1.165) is 17.3 Å². The molecule has 1 saturated carbocycles. The van der Waals surface area contributed by atoms with Gasteiger partial charge < -0.3 is 10.1 Å². The van der Waals surface area contributed by atoms with Crippen LogP contribution < -0.4 is 5.32 Å². The fraction of sp³-hybridized carbons (Fsp3) is 0.400. The van der Waals surface area contributed by atoms with E-state index in [-0.39, 0.29) is 6.61 Å². The number of nitrogens with zero attached hydrogens (tertiary/aromatic N) is 1. The monoisotopic (exact) mass is 350 g/mol. The van der Waals surface area contributed by atoms with Gasteiger partial charge in [0.05, 0.1) is 11.6 Å². The normalized spacial score (nSPS) is 16.0. The van der Waals surface area contributed by atoms with Crippen molar-refractivity contribution < 1.29 is 14.3 Å². The molecular formula is C15H15BrN2O3. The quantitative estimate of drug-likeness (QED) is 0.846. The van der Waals surface area contributed by atoms with Crippen molar-refractivity contribution in [3.05, 3.63) is 34.3 Å². The van der Waals surface area contributed by atoms with Crippen molar-refractivity contribution in [1.82, 2.24) is 5.32 Å². The van der Waals surface area contributed by atoms with Crippen LogP contribution in [0.25, 0.3) is 0 Å². The molecule has 1 N–H and O–H groups in total. The van der Waals surface area contributed by atoms with E-state index in [0.29, 0.717) is 18.4 Å². The molecule has 1 fully saturated rings. The lowest BCUT2D eigenvalue weighted by molar-refractivity contribution is -0.125. The highest BCUT2D eigenvalue weighted by molar-refractivity contribution is 9.10. The molecule has 0 heterocycles. The maximum absolute atomic E-state index is 11.8. The Hall–Kier alpha value is -1.87. The van der Waals surface area contributed by atoms with Gasteiger partial charge in [-0.15, -0.1) is 0 Å². The molecule has 110 valence electrons. The maximum atomic E-state index is 11.8. The van der Waals surface area contributed by atoms with Crippen LogP contribution in [0.15, 0.2) is 28.7 Å². The predicted molar refractivity (Wildman–Crippen MR) is 79.4 cm³/mol. The first-order valence-electron chi connectivity index (χ1n) is 6.70. The van der Waals surface area contributed by atoms with Crippen LogP contribution in [-0.4, -0.2) is 24.0 Å². The minimum atomic E-state index is -0.792. The van der Waals surface area contributed by atoms with Gasteiger partial charge in [0.25, 0.3) is 5.91 Å². The Morgan fingerprint density at radius 3 is 2.71 bits per heavy atom. The van der Waals surface area contributed by atoms with Gasteiger partial charge >= 0.3 is 5.97 Å². The zero-order chi connectivity index (χ0) is 15.3. The number of carbonyl (C=O) groups is 2. The second-order valence-electron chi connectivity index (χ2n) is 5.04. The van der Waals surface area contributed by atoms with Gasteiger partial charge in [0.1, 0.15) is 5.54 Å². The summed E-state index contributed by atoms with van der Waals surface area (Å²) in [6, 6.07) is 8.89. The summed E-state index contributed by atoms with van der Waals surface area (Å²) >= 11 is 3.26. The van der Waals surface area contributed by atoms with Crippen LogP contribution >= 0.6 is 15.9 Å². The Balaban J connectivity index is 1.87. The number of rotatable bonds is 4. The van der Waals surface area contributed by atoms with Crippen molar-refractivity contribution in [3.63, 3.8) is 0 Å². The van der Waals surface area contributed by atoms with Crippen molar-refractivity contribution in [2.75, 3.05) is 6.61 Å². The van der Waals surface area contributed by atoms with E-state index >= 15 is 0 Å². The fourth-order valence-electron chi connectivity index (χ4n) is 2.38. The molecule has 5 nitrogen and oxygen atoms in total. The highest BCUT2D eigenvalue weighted by atomic mass is 79.9. The van der Waals surface area contributed by atoms with E-state index in [4.69, 9.17) is 4.74 Å². The third-order valence-electron chi connectivity index (χ3n) is 3.44. The lowest BCUT2D eigenvalue weighted by Gasteiger charge is -2.21. The summed E-state index contributed by atoms with van der Waals surface area (Å²) in [7, 11) is 0. The van der Waals surface area contributed by atoms with Crippen LogP contribution in [0.1, 0.15) is 36.0 Å². The predicted octanol–water partition coefficient (Wildman–Crippen LogP) is 2.56. The molecule has 0 unspecified atom stereocenters. The summed E-state index contributed by atoms with van der Waals surface area (Å²) in [5.74, 6) is -1.01. The smallest absolute Gasteiger partial charge is 0.338 e. The Kier molecular flexibility index (Phi) is 4.97. The summed E-state index contributed by atoms with van der Waals surface area (Å²) in [5, 5.41) is 11.8. The van der Waals surface area contributed by atoms with E-state index in [1.165, 1.54) is 0 Å². The molecule has 1 aliphatic rings. The van der Waals surface area contributed by atoms with Gasteiger partial charge in [-0.1, -0.05) is 22.0 Å². The zero-order valence-corrected chi connectivity index (χ0v) is 13.0. The number of ether oxygens (including phenoxy) is 1. The number of hydrogen-bond donors (Lipinski definition) is 1. The molecule has 0 aliphatic heterocycles. The Morgan fingerprint density at radius 1 is 1.38 bits per heavy atom. The van der Waals surface area contributed by atoms with Gasteiger partial charge in [-0.25, -0.2) is 4.79 Å². The SMILES string of the molecule is N#CC1(NC(=O)COC(=O)c2cccc(Br)c2)CCCC1. The third kappa shape index (κ3) is 4.05. The standard InChI is InChI=1S/C15H15BrN2O3/c16-12-5-3-4-11(8-12)14(20)21-9-13(19)18-15(10-17)6-1-2-7-15/h3-5,8H,1-2,6-7,9H2,(H,18,19). The van der Waals surface area contributed by atoms with Crippen molar-refractivity contribution in [2.24, 2.45) is 0 Å².